The fourth-order valence-corrected chi connectivity index (χ4v) is 1.09. The molecule has 0 amide bonds. The molecule has 4 nitrogen and oxygen atoms in total. The second-order valence-corrected chi connectivity index (χ2v) is 2.98. The summed E-state index contributed by atoms with van der Waals surface area (Å²) in [6, 6.07) is 7.08. The second kappa shape index (κ2) is 5.90. The summed E-state index contributed by atoms with van der Waals surface area (Å²) in [5.41, 5.74) is 6.21. The van der Waals surface area contributed by atoms with E-state index in [0.29, 0.717) is 24.7 Å². The molecule has 0 radical (unpaired) electrons. The molecule has 0 saturated heterocycles. The first-order valence-electron chi connectivity index (χ1n) is 4.86. The van der Waals surface area contributed by atoms with E-state index in [1.165, 1.54) is 0 Å². The number of rotatable bonds is 5. The van der Waals surface area contributed by atoms with Crippen LogP contribution < -0.4 is 10.5 Å². The molecule has 15 heavy (non-hydrogen) atoms. The number of hydrogen-bond donors (Lipinski definition) is 1. The van der Waals surface area contributed by atoms with E-state index in [4.69, 9.17) is 15.2 Å². The smallest absolute Gasteiger partial charge is 0.309 e. The van der Waals surface area contributed by atoms with Crippen molar-refractivity contribution in [3.8, 4) is 5.75 Å². The standard InChI is InChI=1S/C11H15NO3/c1-2-14-11(13)6-7-15-10-5-3-4-9(12)8-10/h3-5,8H,2,6-7,12H2,1H3. The summed E-state index contributed by atoms with van der Waals surface area (Å²) in [6.45, 7) is 2.48. The van der Waals surface area contributed by atoms with Gasteiger partial charge >= 0.3 is 5.97 Å². The fraction of sp³-hybridized carbons (Fsp3) is 0.364. The van der Waals surface area contributed by atoms with Gasteiger partial charge in [-0.25, -0.2) is 0 Å². The highest BCUT2D eigenvalue weighted by atomic mass is 16.5. The molecular formula is C11H15NO3. The van der Waals surface area contributed by atoms with Gasteiger partial charge in [0.25, 0.3) is 0 Å². The Morgan fingerprint density at radius 3 is 2.93 bits per heavy atom. The molecule has 0 unspecified atom stereocenters. The van der Waals surface area contributed by atoms with Crippen molar-refractivity contribution in [1.29, 1.82) is 0 Å². The van der Waals surface area contributed by atoms with Crippen LogP contribution in [-0.2, 0) is 9.53 Å². The van der Waals surface area contributed by atoms with Crippen molar-refractivity contribution in [3.05, 3.63) is 24.3 Å². The Bertz CT molecular complexity index is 325. The third-order valence-electron chi connectivity index (χ3n) is 1.74. The van der Waals surface area contributed by atoms with Gasteiger partial charge in [0, 0.05) is 11.8 Å². The lowest BCUT2D eigenvalue weighted by molar-refractivity contribution is -0.143. The molecule has 0 heterocycles. The Morgan fingerprint density at radius 2 is 2.27 bits per heavy atom. The van der Waals surface area contributed by atoms with Crippen LogP contribution in [0.4, 0.5) is 5.69 Å². The third-order valence-corrected chi connectivity index (χ3v) is 1.74. The Labute approximate surface area is 89.0 Å². The zero-order chi connectivity index (χ0) is 11.1. The molecule has 0 aliphatic heterocycles. The first kappa shape index (κ1) is 11.4. The molecule has 0 saturated carbocycles. The highest BCUT2D eigenvalue weighted by Gasteiger charge is 2.01. The highest BCUT2D eigenvalue weighted by molar-refractivity contribution is 5.69. The summed E-state index contributed by atoms with van der Waals surface area (Å²) in [4.78, 5) is 11.0. The molecule has 0 bridgehead atoms. The van der Waals surface area contributed by atoms with Gasteiger partial charge in [0.05, 0.1) is 19.6 Å². The van der Waals surface area contributed by atoms with Crippen molar-refractivity contribution in [2.75, 3.05) is 18.9 Å². The molecule has 4 heteroatoms. The zero-order valence-electron chi connectivity index (χ0n) is 8.73. The monoisotopic (exact) mass is 209 g/mol. The minimum Gasteiger partial charge on any atom is -0.493 e. The van der Waals surface area contributed by atoms with Crippen LogP contribution in [0.5, 0.6) is 5.75 Å². The maximum absolute atomic E-state index is 11.0. The number of nitrogens with two attached hydrogens (primary N) is 1. The Balaban J connectivity index is 2.28. The van der Waals surface area contributed by atoms with E-state index in [9.17, 15) is 4.79 Å². The van der Waals surface area contributed by atoms with Crippen LogP contribution in [0.1, 0.15) is 13.3 Å². The molecule has 0 spiro atoms. The summed E-state index contributed by atoms with van der Waals surface area (Å²) in [5.74, 6) is 0.417. The second-order valence-electron chi connectivity index (χ2n) is 2.98. The third kappa shape index (κ3) is 4.35. The number of benzene rings is 1. The minimum absolute atomic E-state index is 0.249. The van der Waals surface area contributed by atoms with Crippen molar-refractivity contribution in [1.82, 2.24) is 0 Å². The summed E-state index contributed by atoms with van der Waals surface area (Å²) >= 11 is 0. The average molecular weight is 209 g/mol. The van der Waals surface area contributed by atoms with E-state index >= 15 is 0 Å². The van der Waals surface area contributed by atoms with Gasteiger partial charge in [-0.05, 0) is 19.1 Å². The lowest BCUT2D eigenvalue weighted by atomic mass is 10.3. The van der Waals surface area contributed by atoms with Gasteiger partial charge in [0.2, 0.25) is 0 Å². The fourth-order valence-electron chi connectivity index (χ4n) is 1.09. The average Bonchev–Trinajstić information content (AvgIpc) is 2.18. The van der Waals surface area contributed by atoms with Gasteiger partial charge in [-0.1, -0.05) is 6.07 Å². The summed E-state index contributed by atoms with van der Waals surface area (Å²) in [7, 11) is 0. The molecule has 0 atom stereocenters. The van der Waals surface area contributed by atoms with Gasteiger partial charge in [0.1, 0.15) is 5.75 Å². The van der Waals surface area contributed by atoms with E-state index in [2.05, 4.69) is 0 Å². The van der Waals surface area contributed by atoms with Gasteiger partial charge in [0.15, 0.2) is 0 Å². The van der Waals surface area contributed by atoms with Gasteiger partial charge < -0.3 is 15.2 Å². The summed E-state index contributed by atoms with van der Waals surface area (Å²) < 4.78 is 10.1. The van der Waals surface area contributed by atoms with Crippen LogP contribution in [0, 0.1) is 0 Å². The molecule has 0 aliphatic rings. The molecule has 1 aromatic carbocycles. The zero-order valence-corrected chi connectivity index (χ0v) is 8.73. The van der Waals surface area contributed by atoms with Crippen LogP contribution in [0.3, 0.4) is 0 Å². The Morgan fingerprint density at radius 1 is 1.47 bits per heavy atom. The molecular weight excluding hydrogens is 194 g/mol. The number of ether oxygens (including phenoxy) is 2. The number of nitrogen functional groups attached to an aromatic ring is 1. The predicted molar refractivity (Wildman–Crippen MR) is 57.6 cm³/mol. The molecule has 0 aromatic heterocycles. The van der Waals surface area contributed by atoms with E-state index < -0.39 is 0 Å². The predicted octanol–water partition coefficient (Wildman–Crippen LogP) is 1.60. The molecule has 82 valence electrons. The lowest BCUT2D eigenvalue weighted by Crippen LogP contribution is -2.09. The van der Waals surface area contributed by atoms with Crippen molar-refractivity contribution >= 4 is 11.7 Å². The van der Waals surface area contributed by atoms with Crippen molar-refractivity contribution in [2.45, 2.75) is 13.3 Å². The molecule has 0 fully saturated rings. The van der Waals surface area contributed by atoms with Crippen molar-refractivity contribution in [2.24, 2.45) is 0 Å². The quantitative estimate of drug-likeness (QED) is 0.591. The van der Waals surface area contributed by atoms with E-state index in [-0.39, 0.29) is 12.4 Å². The number of carbonyl (C=O) groups is 1. The molecule has 2 N–H and O–H groups in total. The van der Waals surface area contributed by atoms with Crippen LogP contribution in [0.15, 0.2) is 24.3 Å². The van der Waals surface area contributed by atoms with Crippen molar-refractivity contribution < 1.29 is 14.3 Å². The van der Waals surface area contributed by atoms with Crippen LogP contribution >= 0.6 is 0 Å². The Kier molecular flexibility index (Phi) is 4.47. The van der Waals surface area contributed by atoms with Crippen LogP contribution in [-0.4, -0.2) is 19.2 Å². The number of carbonyl (C=O) groups excluding carboxylic acids is 1. The van der Waals surface area contributed by atoms with Crippen LogP contribution in [0.25, 0.3) is 0 Å². The van der Waals surface area contributed by atoms with Crippen molar-refractivity contribution in [3.63, 3.8) is 0 Å². The first-order valence-corrected chi connectivity index (χ1v) is 4.86. The minimum atomic E-state index is -0.249. The highest BCUT2D eigenvalue weighted by Crippen LogP contribution is 2.14. The SMILES string of the molecule is CCOC(=O)CCOc1cccc(N)c1. The summed E-state index contributed by atoms with van der Waals surface area (Å²) in [6.07, 6.45) is 0.253. The normalized spacial score (nSPS) is 9.67. The van der Waals surface area contributed by atoms with Gasteiger partial charge in [-0.3, -0.25) is 4.79 Å². The van der Waals surface area contributed by atoms with E-state index in [0.717, 1.165) is 0 Å². The van der Waals surface area contributed by atoms with E-state index in [1.54, 1.807) is 31.2 Å². The lowest BCUT2D eigenvalue weighted by Gasteiger charge is -2.06. The topological polar surface area (TPSA) is 61.5 Å². The Hall–Kier alpha value is -1.71. The number of anilines is 1. The van der Waals surface area contributed by atoms with Gasteiger partial charge in [-0.15, -0.1) is 0 Å². The van der Waals surface area contributed by atoms with Gasteiger partial charge in [-0.2, -0.15) is 0 Å². The molecule has 1 rings (SSSR count). The number of esters is 1. The summed E-state index contributed by atoms with van der Waals surface area (Å²) in [5, 5.41) is 0. The molecule has 0 aliphatic carbocycles. The molecule has 1 aromatic rings. The van der Waals surface area contributed by atoms with E-state index in [1.807, 2.05) is 0 Å². The maximum atomic E-state index is 11.0. The maximum Gasteiger partial charge on any atom is 0.309 e. The number of hydrogen-bond acceptors (Lipinski definition) is 4. The largest absolute Gasteiger partial charge is 0.493 e. The first-order chi connectivity index (χ1) is 7.22. The van der Waals surface area contributed by atoms with Crippen LogP contribution in [0.2, 0.25) is 0 Å².